The maximum Gasteiger partial charge on any atom is 0.239 e. The summed E-state index contributed by atoms with van der Waals surface area (Å²) >= 11 is 5.87. The first-order chi connectivity index (χ1) is 10.0. The van der Waals surface area contributed by atoms with Gasteiger partial charge in [-0.25, -0.2) is 4.39 Å². The number of hydrogen-bond acceptors (Lipinski definition) is 4. The standard InChI is InChI=1S/C14H18ClFN2O3/c1-8-13(17-5-6-21-8)14(20)18-7-11(19)12-9(15)3-2-4-10(12)16/h2-4,8,11,13,17,19H,5-7H2,1H3,(H,18,20)/t8-,11?,13+/m1/s1. The predicted octanol–water partition coefficient (Wildman–Crippen LogP) is 1.01. The zero-order valence-corrected chi connectivity index (χ0v) is 12.4. The third kappa shape index (κ3) is 3.91. The molecule has 1 aliphatic rings. The van der Waals surface area contributed by atoms with Crippen LogP contribution in [0.2, 0.25) is 5.02 Å². The van der Waals surface area contributed by atoms with Gasteiger partial charge in [0.25, 0.3) is 0 Å². The second-order valence-electron chi connectivity index (χ2n) is 4.90. The Morgan fingerprint density at radius 3 is 3.10 bits per heavy atom. The zero-order chi connectivity index (χ0) is 15.4. The van der Waals surface area contributed by atoms with Crippen LogP contribution in [0, 0.1) is 5.82 Å². The van der Waals surface area contributed by atoms with Crippen molar-refractivity contribution >= 4 is 17.5 Å². The second-order valence-corrected chi connectivity index (χ2v) is 5.31. The molecule has 1 amide bonds. The first-order valence-electron chi connectivity index (χ1n) is 6.75. The number of aliphatic hydroxyl groups excluding tert-OH is 1. The molecule has 0 aromatic heterocycles. The number of nitrogens with one attached hydrogen (secondary N) is 2. The molecule has 3 N–H and O–H groups in total. The summed E-state index contributed by atoms with van der Waals surface area (Å²) < 4.78 is 19.0. The highest BCUT2D eigenvalue weighted by atomic mass is 35.5. The van der Waals surface area contributed by atoms with Crippen molar-refractivity contribution in [3.63, 3.8) is 0 Å². The van der Waals surface area contributed by atoms with E-state index in [2.05, 4.69) is 10.6 Å². The van der Waals surface area contributed by atoms with Crippen LogP contribution in [0.1, 0.15) is 18.6 Å². The van der Waals surface area contributed by atoms with Gasteiger partial charge in [-0.15, -0.1) is 0 Å². The number of aliphatic hydroxyl groups is 1. The topological polar surface area (TPSA) is 70.6 Å². The number of ether oxygens (including phenoxy) is 1. The van der Waals surface area contributed by atoms with Crippen molar-refractivity contribution in [3.05, 3.63) is 34.6 Å². The maximum absolute atomic E-state index is 13.7. The minimum absolute atomic E-state index is 0.0135. The first-order valence-corrected chi connectivity index (χ1v) is 7.13. The largest absolute Gasteiger partial charge is 0.386 e. The number of rotatable bonds is 4. The summed E-state index contributed by atoms with van der Waals surface area (Å²) in [7, 11) is 0. The van der Waals surface area contributed by atoms with E-state index < -0.39 is 18.0 Å². The fourth-order valence-corrected chi connectivity index (χ4v) is 2.55. The maximum atomic E-state index is 13.7. The molecule has 1 saturated heterocycles. The van der Waals surface area contributed by atoms with Crippen molar-refractivity contribution in [3.8, 4) is 0 Å². The van der Waals surface area contributed by atoms with Crippen LogP contribution < -0.4 is 10.6 Å². The van der Waals surface area contributed by atoms with Crippen LogP contribution >= 0.6 is 11.6 Å². The average molecular weight is 317 g/mol. The van der Waals surface area contributed by atoms with Crippen LogP contribution in [0.25, 0.3) is 0 Å². The molecule has 116 valence electrons. The highest BCUT2D eigenvalue weighted by Gasteiger charge is 2.28. The smallest absolute Gasteiger partial charge is 0.239 e. The monoisotopic (exact) mass is 316 g/mol. The quantitative estimate of drug-likeness (QED) is 0.775. The minimum atomic E-state index is -1.21. The van der Waals surface area contributed by atoms with E-state index in [1.54, 1.807) is 6.92 Å². The third-order valence-electron chi connectivity index (χ3n) is 3.40. The lowest BCUT2D eigenvalue weighted by Crippen LogP contribution is -2.55. The van der Waals surface area contributed by atoms with Crippen LogP contribution in [0.5, 0.6) is 0 Å². The average Bonchev–Trinajstić information content (AvgIpc) is 2.45. The number of carbonyl (C=O) groups excluding carboxylic acids is 1. The van der Waals surface area contributed by atoms with Crippen LogP contribution in [-0.4, -0.2) is 42.9 Å². The molecule has 0 saturated carbocycles. The van der Waals surface area contributed by atoms with Crippen molar-refractivity contribution in [2.24, 2.45) is 0 Å². The normalized spacial score (nSPS) is 23.6. The number of carbonyl (C=O) groups is 1. The molecule has 1 aliphatic heterocycles. The molecule has 1 aromatic carbocycles. The van der Waals surface area contributed by atoms with Crippen molar-refractivity contribution in [2.75, 3.05) is 19.7 Å². The molecule has 0 radical (unpaired) electrons. The molecule has 0 bridgehead atoms. The van der Waals surface area contributed by atoms with Crippen LogP contribution in [-0.2, 0) is 9.53 Å². The lowest BCUT2D eigenvalue weighted by atomic mass is 10.1. The van der Waals surface area contributed by atoms with Gasteiger partial charge in [0.2, 0.25) is 5.91 Å². The number of hydrogen-bond donors (Lipinski definition) is 3. The van der Waals surface area contributed by atoms with Gasteiger partial charge in [0.15, 0.2) is 0 Å². The molecule has 1 heterocycles. The molecule has 0 spiro atoms. The predicted molar refractivity (Wildman–Crippen MR) is 76.6 cm³/mol. The van der Waals surface area contributed by atoms with E-state index in [9.17, 15) is 14.3 Å². The Balaban J connectivity index is 1.94. The zero-order valence-electron chi connectivity index (χ0n) is 11.6. The molecule has 7 heteroatoms. The summed E-state index contributed by atoms with van der Waals surface area (Å²) in [6.07, 6.45) is -1.46. The van der Waals surface area contributed by atoms with Gasteiger partial charge >= 0.3 is 0 Å². The van der Waals surface area contributed by atoms with Crippen LogP contribution in [0.15, 0.2) is 18.2 Å². The Bertz CT molecular complexity index is 495. The summed E-state index contributed by atoms with van der Waals surface area (Å²) in [5.74, 6) is -0.898. The molecule has 1 fully saturated rings. The number of halogens is 2. The molecular formula is C14H18ClFN2O3. The second kappa shape index (κ2) is 7.17. The molecule has 3 atom stereocenters. The summed E-state index contributed by atoms with van der Waals surface area (Å²) in [5.41, 5.74) is -0.0135. The van der Waals surface area contributed by atoms with Gasteiger partial charge < -0.3 is 20.5 Å². The molecule has 2 rings (SSSR count). The highest BCUT2D eigenvalue weighted by molar-refractivity contribution is 6.31. The lowest BCUT2D eigenvalue weighted by molar-refractivity contribution is -0.129. The summed E-state index contributed by atoms with van der Waals surface area (Å²) in [5, 5.41) is 15.7. The van der Waals surface area contributed by atoms with Crippen LogP contribution in [0.4, 0.5) is 4.39 Å². The van der Waals surface area contributed by atoms with Crippen molar-refractivity contribution in [2.45, 2.75) is 25.2 Å². The Morgan fingerprint density at radius 1 is 1.67 bits per heavy atom. The SMILES string of the molecule is C[C@H]1OCCN[C@@H]1C(=O)NCC(O)c1c(F)cccc1Cl. The van der Waals surface area contributed by atoms with E-state index in [-0.39, 0.29) is 29.1 Å². The lowest BCUT2D eigenvalue weighted by Gasteiger charge is -2.29. The summed E-state index contributed by atoms with van der Waals surface area (Å²) in [6, 6.07) is 3.67. The third-order valence-corrected chi connectivity index (χ3v) is 3.73. The van der Waals surface area contributed by atoms with Crippen LogP contribution in [0.3, 0.4) is 0 Å². The summed E-state index contributed by atoms with van der Waals surface area (Å²) in [4.78, 5) is 12.0. The minimum Gasteiger partial charge on any atom is -0.386 e. The number of benzene rings is 1. The van der Waals surface area contributed by atoms with Gasteiger partial charge in [-0.1, -0.05) is 17.7 Å². The first kappa shape index (κ1) is 16.2. The molecule has 5 nitrogen and oxygen atoms in total. The van der Waals surface area contributed by atoms with Gasteiger partial charge in [0, 0.05) is 23.7 Å². The van der Waals surface area contributed by atoms with Crippen molar-refractivity contribution in [1.29, 1.82) is 0 Å². The van der Waals surface area contributed by atoms with E-state index in [1.165, 1.54) is 18.2 Å². The van der Waals surface area contributed by atoms with E-state index in [4.69, 9.17) is 16.3 Å². The van der Waals surface area contributed by atoms with E-state index in [1.807, 2.05) is 0 Å². The van der Waals surface area contributed by atoms with Gasteiger partial charge in [0.05, 0.1) is 12.7 Å². The fourth-order valence-electron chi connectivity index (χ4n) is 2.27. The van der Waals surface area contributed by atoms with Crippen molar-refractivity contribution in [1.82, 2.24) is 10.6 Å². The van der Waals surface area contributed by atoms with Gasteiger partial charge in [-0.05, 0) is 19.1 Å². The Morgan fingerprint density at radius 2 is 2.43 bits per heavy atom. The van der Waals surface area contributed by atoms with Gasteiger partial charge in [0.1, 0.15) is 18.0 Å². The fraction of sp³-hybridized carbons (Fsp3) is 0.500. The van der Waals surface area contributed by atoms with Gasteiger partial charge in [-0.3, -0.25) is 4.79 Å². The van der Waals surface area contributed by atoms with Crippen molar-refractivity contribution < 1.29 is 19.0 Å². The Labute approximate surface area is 127 Å². The molecular weight excluding hydrogens is 299 g/mol. The van der Waals surface area contributed by atoms with Gasteiger partial charge in [-0.2, -0.15) is 0 Å². The molecule has 1 aromatic rings. The van der Waals surface area contributed by atoms with E-state index in [0.29, 0.717) is 13.2 Å². The number of morpholine rings is 1. The number of amides is 1. The van der Waals surface area contributed by atoms with E-state index in [0.717, 1.165) is 0 Å². The molecule has 0 aliphatic carbocycles. The molecule has 1 unspecified atom stereocenters. The Kier molecular flexibility index (Phi) is 5.52. The Hall–Kier alpha value is -1.21. The molecule has 21 heavy (non-hydrogen) atoms. The summed E-state index contributed by atoms with van der Waals surface area (Å²) in [6.45, 7) is 2.81. The highest BCUT2D eigenvalue weighted by Crippen LogP contribution is 2.25. The van der Waals surface area contributed by atoms with E-state index >= 15 is 0 Å².